The monoisotopic (exact) mass is 176 g/mol. The van der Waals surface area contributed by atoms with E-state index in [1.165, 1.54) is 0 Å². The van der Waals surface area contributed by atoms with Crippen LogP contribution in [-0.2, 0) is 0 Å². The van der Waals surface area contributed by atoms with Crippen molar-refractivity contribution in [3.05, 3.63) is 30.3 Å². The fourth-order valence-electron chi connectivity index (χ4n) is 0.499. The zero-order chi connectivity index (χ0) is 5.82. The van der Waals surface area contributed by atoms with E-state index in [9.17, 15) is 0 Å². The summed E-state index contributed by atoms with van der Waals surface area (Å²) in [5.41, 5.74) is 0. The van der Waals surface area contributed by atoms with E-state index in [-0.39, 0.29) is 24.8 Å². The molecular weight excluding hydrogens is 170 g/mol. The molecule has 0 N–H and O–H groups in total. The summed E-state index contributed by atoms with van der Waals surface area (Å²) in [5, 5.41) is 0. The molecule has 0 aliphatic heterocycles. The Morgan fingerprint density at radius 3 is 1.80 bits per heavy atom. The molecular formula is C6H7BCl2O. The average molecular weight is 177 g/mol. The van der Waals surface area contributed by atoms with Crippen LogP contribution in [0.1, 0.15) is 0 Å². The molecule has 0 bridgehead atoms. The molecule has 1 rings (SSSR count). The predicted molar refractivity (Wildman–Crippen MR) is 47.3 cm³/mol. The number of halogens is 2. The number of para-hydroxylation sites is 1. The molecule has 1 aromatic carbocycles. The van der Waals surface area contributed by atoms with E-state index in [0.717, 1.165) is 0 Å². The molecule has 0 aromatic heterocycles. The van der Waals surface area contributed by atoms with Gasteiger partial charge < -0.3 is 4.65 Å². The van der Waals surface area contributed by atoms with E-state index < -0.39 is 0 Å². The normalized spacial score (nSPS) is 6.80. The van der Waals surface area contributed by atoms with Crippen LogP contribution in [0.4, 0.5) is 0 Å². The molecule has 2 radical (unpaired) electrons. The molecule has 1 nitrogen and oxygen atoms in total. The molecule has 10 heavy (non-hydrogen) atoms. The fourth-order valence-corrected chi connectivity index (χ4v) is 0.499. The van der Waals surface area contributed by atoms with Gasteiger partial charge in [0.2, 0.25) is 0 Å². The first-order valence-corrected chi connectivity index (χ1v) is 2.35. The second kappa shape index (κ2) is 6.78. The van der Waals surface area contributed by atoms with Gasteiger partial charge >= 0.3 is 8.05 Å². The second-order valence-electron chi connectivity index (χ2n) is 1.43. The van der Waals surface area contributed by atoms with Crippen molar-refractivity contribution < 1.29 is 4.65 Å². The van der Waals surface area contributed by atoms with Crippen molar-refractivity contribution in [2.24, 2.45) is 0 Å². The van der Waals surface area contributed by atoms with Crippen LogP contribution in [-0.4, -0.2) is 8.05 Å². The summed E-state index contributed by atoms with van der Waals surface area (Å²) in [6.45, 7) is 0. The van der Waals surface area contributed by atoms with Crippen LogP contribution in [0.15, 0.2) is 30.3 Å². The highest BCUT2D eigenvalue weighted by Crippen LogP contribution is 2.05. The van der Waals surface area contributed by atoms with Gasteiger partial charge in [0.25, 0.3) is 0 Å². The van der Waals surface area contributed by atoms with Crippen LogP contribution in [0, 0.1) is 0 Å². The Bertz CT molecular complexity index is 157. The Kier molecular flexibility index (Phi) is 8.37. The number of hydrogen-bond acceptors (Lipinski definition) is 1. The zero-order valence-corrected chi connectivity index (χ0v) is 6.82. The van der Waals surface area contributed by atoms with E-state index in [4.69, 9.17) is 8.05 Å². The summed E-state index contributed by atoms with van der Waals surface area (Å²) in [5.74, 6) is 0.688. The lowest BCUT2D eigenvalue weighted by Crippen LogP contribution is -1.81. The van der Waals surface area contributed by atoms with E-state index in [1.807, 2.05) is 18.2 Å². The smallest absolute Gasteiger partial charge is 0.374 e. The van der Waals surface area contributed by atoms with Crippen LogP contribution in [0.5, 0.6) is 5.75 Å². The van der Waals surface area contributed by atoms with E-state index in [0.29, 0.717) is 5.75 Å². The number of benzene rings is 1. The second-order valence-corrected chi connectivity index (χ2v) is 1.43. The third kappa shape index (κ3) is 3.65. The standard InChI is InChI=1S/C6H5BO.2ClH/c7-8-6-4-2-1-3-5-6;;/h1-5H;2*1H. The van der Waals surface area contributed by atoms with Crippen LogP contribution >= 0.6 is 24.8 Å². The first-order chi connectivity index (χ1) is 3.93. The van der Waals surface area contributed by atoms with E-state index in [1.54, 1.807) is 12.1 Å². The Balaban J connectivity index is 0. The molecule has 0 heterocycles. The first-order valence-electron chi connectivity index (χ1n) is 2.35. The van der Waals surface area contributed by atoms with Crippen molar-refractivity contribution in [2.75, 3.05) is 0 Å². The SMILES string of the molecule is Cl.Cl.[B]Oc1ccccc1. The van der Waals surface area contributed by atoms with Gasteiger partial charge in [0.05, 0.1) is 5.75 Å². The maximum Gasteiger partial charge on any atom is 0.374 e. The van der Waals surface area contributed by atoms with Crippen molar-refractivity contribution in [2.45, 2.75) is 0 Å². The predicted octanol–water partition coefficient (Wildman–Crippen LogP) is 1.99. The minimum absolute atomic E-state index is 0. The highest BCUT2D eigenvalue weighted by molar-refractivity contribution is 5.99. The Labute approximate surface area is 74.0 Å². The molecule has 54 valence electrons. The van der Waals surface area contributed by atoms with Crippen molar-refractivity contribution in [3.8, 4) is 5.75 Å². The van der Waals surface area contributed by atoms with Gasteiger partial charge in [0.1, 0.15) is 0 Å². The first kappa shape index (κ1) is 12.4. The van der Waals surface area contributed by atoms with Crippen molar-refractivity contribution in [3.63, 3.8) is 0 Å². The lowest BCUT2D eigenvalue weighted by molar-refractivity contribution is 0.616. The Morgan fingerprint density at radius 2 is 1.50 bits per heavy atom. The highest BCUT2D eigenvalue weighted by atomic mass is 35.5. The zero-order valence-electron chi connectivity index (χ0n) is 5.19. The van der Waals surface area contributed by atoms with Gasteiger partial charge in [-0.2, -0.15) is 0 Å². The molecule has 0 aliphatic carbocycles. The largest absolute Gasteiger partial charge is 0.568 e. The Hall–Kier alpha value is -0.335. The van der Waals surface area contributed by atoms with E-state index >= 15 is 0 Å². The summed E-state index contributed by atoms with van der Waals surface area (Å²) in [6.07, 6.45) is 0. The van der Waals surface area contributed by atoms with Crippen molar-refractivity contribution >= 4 is 32.9 Å². The molecule has 0 amide bonds. The van der Waals surface area contributed by atoms with Crippen molar-refractivity contribution in [1.29, 1.82) is 0 Å². The molecule has 0 atom stereocenters. The maximum absolute atomic E-state index is 4.85. The van der Waals surface area contributed by atoms with Gasteiger partial charge in [-0.25, -0.2) is 0 Å². The summed E-state index contributed by atoms with van der Waals surface area (Å²) in [6, 6.07) is 9.22. The van der Waals surface area contributed by atoms with Crippen LogP contribution < -0.4 is 4.65 Å². The van der Waals surface area contributed by atoms with Gasteiger partial charge in [-0.05, 0) is 12.1 Å². The summed E-state index contributed by atoms with van der Waals surface area (Å²) in [7, 11) is 4.85. The van der Waals surface area contributed by atoms with Gasteiger partial charge in [-0.15, -0.1) is 24.8 Å². The quantitative estimate of drug-likeness (QED) is 0.595. The summed E-state index contributed by atoms with van der Waals surface area (Å²) in [4.78, 5) is 0. The summed E-state index contributed by atoms with van der Waals surface area (Å²) < 4.78 is 4.41. The molecule has 0 fully saturated rings. The fraction of sp³-hybridized carbons (Fsp3) is 0. The molecule has 0 saturated heterocycles. The van der Waals surface area contributed by atoms with Gasteiger partial charge in [-0.3, -0.25) is 0 Å². The lowest BCUT2D eigenvalue weighted by atomic mass is 10.3. The molecule has 0 saturated carbocycles. The van der Waals surface area contributed by atoms with Crippen LogP contribution in [0.3, 0.4) is 0 Å². The third-order valence-electron chi connectivity index (χ3n) is 0.879. The summed E-state index contributed by atoms with van der Waals surface area (Å²) >= 11 is 0. The van der Waals surface area contributed by atoms with Gasteiger partial charge in [0, 0.05) is 0 Å². The van der Waals surface area contributed by atoms with Crippen LogP contribution in [0.2, 0.25) is 0 Å². The molecule has 1 aromatic rings. The van der Waals surface area contributed by atoms with Crippen molar-refractivity contribution in [1.82, 2.24) is 0 Å². The minimum Gasteiger partial charge on any atom is -0.568 e. The van der Waals surface area contributed by atoms with Gasteiger partial charge in [0.15, 0.2) is 0 Å². The number of rotatable bonds is 1. The topological polar surface area (TPSA) is 9.23 Å². The Morgan fingerprint density at radius 1 is 1.00 bits per heavy atom. The molecule has 0 unspecified atom stereocenters. The minimum atomic E-state index is 0. The average Bonchev–Trinajstić information content (AvgIpc) is 1.90. The molecule has 0 aliphatic rings. The highest BCUT2D eigenvalue weighted by Gasteiger charge is 1.80. The van der Waals surface area contributed by atoms with Gasteiger partial charge in [-0.1, -0.05) is 18.2 Å². The maximum atomic E-state index is 4.85. The molecule has 4 heteroatoms. The van der Waals surface area contributed by atoms with Crippen LogP contribution in [0.25, 0.3) is 0 Å². The molecule has 0 spiro atoms. The van der Waals surface area contributed by atoms with E-state index in [2.05, 4.69) is 4.65 Å². The lowest BCUT2D eigenvalue weighted by Gasteiger charge is -1.94. The third-order valence-corrected chi connectivity index (χ3v) is 0.879. The number of hydrogen-bond donors (Lipinski definition) is 0.